The van der Waals surface area contributed by atoms with Crippen LogP contribution in [0.3, 0.4) is 0 Å². The summed E-state index contributed by atoms with van der Waals surface area (Å²) in [5, 5.41) is 9.68. The molecular weight excluding hydrogens is 306 g/mol. The zero-order valence-electron chi connectivity index (χ0n) is 14.9. The second-order valence-corrected chi connectivity index (χ2v) is 6.57. The smallest absolute Gasteiger partial charge is 0.313 e. The van der Waals surface area contributed by atoms with E-state index in [2.05, 4.69) is 0 Å². The molecule has 0 saturated heterocycles. The maximum atomic E-state index is 11.8. The molecule has 0 amide bonds. The summed E-state index contributed by atoms with van der Waals surface area (Å²) in [6.07, 6.45) is 3.58. The molecule has 0 bridgehead atoms. The van der Waals surface area contributed by atoms with Gasteiger partial charge in [-0.05, 0) is 38.7 Å². The van der Waals surface area contributed by atoms with Crippen molar-refractivity contribution in [1.29, 1.82) is 0 Å². The van der Waals surface area contributed by atoms with E-state index in [1.165, 1.54) is 6.92 Å². The molecule has 0 aliphatic carbocycles. The topological polar surface area (TPSA) is 89.6 Å². The van der Waals surface area contributed by atoms with Crippen molar-refractivity contribution in [3.8, 4) is 0 Å². The number of esters is 1. The molecule has 0 saturated carbocycles. The number of hydrogen-bond donors (Lipinski definition) is 2. The Bertz CT molecular complexity index is 558. The Morgan fingerprint density at radius 2 is 2.00 bits per heavy atom. The van der Waals surface area contributed by atoms with Gasteiger partial charge < -0.3 is 15.6 Å². The fraction of sp³-hybridized carbons (Fsp3) is 0.579. The number of rotatable bonds is 10. The summed E-state index contributed by atoms with van der Waals surface area (Å²) in [6.45, 7) is 5.44. The number of aliphatic carboxylic acids is 1. The average Bonchev–Trinajstić information content (AvgIpc) is 2.52. The van der Waals surface area contributed by atoms with Gasteiger partial charge in [-0.1, -0.05) is 42.7 Å². The number of hydrogen-bond acceptors (Lipinski definition) is 4. The second-order valence-electron chi connectivity index (χ2n) is 6.57. The highest BCUT2D eigenvalue weighted by Crippen LogP contribution is 2.31. The number of aryl methyl sites for hydroxylation is 1. The van der Waals surface area contributed by atoms with Gasteiger partial charge in [-0.2, -0.15) is 0 Å². The number of benzene rings is 1. The highest BCUT2D eigenvalue weighted by Gasteiger charge is 2.34. The quantitative estimate of drug-likeness (QED) is 0.506. The van der Waals surface area contributed by atoms with Crippen molar-refractivity contribution in [3.63, 3.8) is 0 Å². The lowest BCUT2D eigenvalue weighted by atomic mass is 9.77. The molecule has 0 fully saturated rings. The summed E-state index contributed by atoms with van der Waals surface area (Å²) in [5.41, 5.74) is 6.60. The van der Waals surface area contributed by atoms with Gasteiger partial charge in [-0.3, -0.25) is 9.59 Å². The van der Waals surface area contributed by atoms with Crippen molar-refractivity contribution in [2.24, 2.45) is 5.73 Å². The van der Waals surface area contributed by atoms with Gasteiger partial charge >= 0.3 is 11.9 Å². The summed E-state index contributed by atoms with van der Waals surface area (Å²) in [6, 6.07) is 7.69. The number of unbranched alkanes of at least 4 members (excludes halogenated alkanes) is 2. The largest absolute Gasteiger partial charge is 0.481 e. The van der Waals surface area contributed by atoms with Crippen LogP contribution in [0, 0.1) is 6.92 Å². The van der Waals surface area contributed by atoms with Gasteiger partial charge in [0.05, 0.1) is 5.41 Å². The molecule has 3 N–H and O–H groups in total. The normalized spacial score (nSPS) is 14.7. The molecular formula is C19H29NO4. The molecule has 134 valence electrons. The van der Waals surface area contributed by atoms with Crippen LogP contribution in [0.25, 0.3) is 0 Å². The molecule has 1 aromatic rings. The van der Waals surface area contributed by atoms with Crippen LogP contribution >= 0.6 is 0 Å². The Labute approximate surface area is 144 Å². The molecule has 0 radical (unpaired) electrons. The van der Waals surface area contributed by atoms with Gasteiger partial charge in [0.15, 0.2) is 0 Å². The predicted molar refractivity (Wildman–Crippen MR) is 93.9 cm³/mol. The maximum absolute atomic E-state index is 11.8. The van der Waals surface area contributed by atoms with Crippen molar-refractivity contribution < 1.29 is 19.4 Å². The standard InChI is InChI=1S/C19H29NO4/c1-14-8-7-9-16(12-14)19(3,18(22)23)11-6-4-5-10-17(13-20)24-15(2)21/h7-9,12,17H,4-6,10-11,13,20H2,1-3H3,(H,22,23). The van der Waals surface area contributed by atoms with Gasteiger partial charge in [-0.25, -0.2) is 0 Å². The lowest BCUT2D eigenvalue weighted by Gasteiger charge is -2.26. The van der Waals surface area contributed by atoms with Crippen LogP contribution in [0.1, 0.15) is 57.1 Å². The number of carboxylic acids is 1. The zero-order chi connectivity index (χ0) is 18.2. The summed E-state index contributed by atoms with van der Waals surface area (Å²) in [5.74, 6) is -1.11. The summed E-state index contributed by atoms with van der Waals surface area (Å²) < 4.78 is 5.11. The molecule has 5 heteroatoms. The van der Waals surface area contributed by atoms with Crippen LogP contribution in [0.4, 0.5) is 0 Å². The molecule has 24 heavy (non-hydrogen) atoms. The van der Waals surface area contributed by atoms with Crippen molar-refractivity contribution in [3.05, 3.63) is 35.4 Å². The molecule has 0 aliphatic rings. The Balaban J connectivity index is 2.53. The first-order valence-electron chi connectivity index (χ1n) is 8.47. The van der Waals surface area contributed by atoms with E-state index in [1.807, 2.05) is 31.2 Å². The number of carbonyl (C=O) groups is 2. The van der Waals surface area contributed by atoms with E-state index in [1.54, 1.807) is 6.92 Å². The van der Waals surface area contributed by atoms with Crippen molar-refractivity contribution >= 4 is 11.9 Å². The first-order chi connectivity index (χ1) is 11.3. The average molecular weight is 335 g/mol. The molecule has 5 nitrogen and oxygen atoms in total. The zero-order valence-corrected chi connectivity index (χ0v) is 14.9. The minimum absolute atomic E-state index is 0.245. The van der Waals surface area contributed by atoms with E-state index >= 15 is 0 Å². The first kappa shape index (κ1) is 20.2. The third-order valence-electron chi connectivity index (χ3n) is 4.43. The Morgan fingerprint density at radius 3 is 2.54 bits per heavy atom. The van der Waals surface area contributed by atoms with Crippen LogP contribution in [-0.4, -0.2) is 29.7 Å². The van der Waals surface area contributed by atoms with Gasteiger partial charge in [0.2, 0.25) is 0 Å². The lowest BCUT2D eigenvalue weighted by Crippen LogP contribution is -2.32. The summed E-state index contributed by atoms with van der Waals surface area (Å²) >= 11 is 0. The number of carboxylic acid groups (broad SMARTS) is 1. The molecule has 0 aliphatic heterocycles. The van der Waals surface area contributed by atoms with Crippen LogP contribution in [-0.2, 0) is 19.7 Å². The van der Waals surface area contributed by atoms with E-state index in [0.29, 0.717) is 19.4 Å². The van der Waals surface area contributed by atoms with Crippen LogP contribution in [0.15, 0.2) is 24.3 Å². The Morgan fingerprint density at radius 1 is 1.29 bits per heavy atom. The lowest BCUT2D eigenvalue weighted by molar-refractivity contribution is -0.146. The van der Waals surface area contributed by atoms with Gasteiger partial charge in [0, 0.05) is 13.5 Å². The highest BCUT2D eigenvalue weighted by molar-refractivity contribution is 5.80. The fourth-order valence-corrected chi connectivity index (χ4v) is 2.85. The van der Waals surface area contributed by atoms with Crippen molar-refractivity contribution in [1.82, 2.24) is 0 Å². The summed E-state index contributed by atoms with van der Waals surface area (Å²) in [7, 11) is 0. The fourth-order valence-electron chi connectivity index (χ4n) is 2.85. The van der Waals surface area contributed by atoms with E-state index < -0.39 is 11.4 Å². The first-order valence-corrected chi connectivity index (χ1v) is 8.47. The summed E-state index contributed by atoms with van der Waals surface area (Å²) in [4.78, 5) is 22.7. The van der Waals surface area contributed by atoms with Gasteiger partial charge in [-0.15, -0.1) is 0 Å². The van der Waals surface area contributed by atoms with E-state index in [0.717, 1.165) is 30.4 Å². The third-order valence-corrected chi connectivity index (χ3v) is 4.43. The van der Waals surface area contributed by atoms with Gasteiger partial charge in [0.25, 0.3) is 0 Å². The van der Waals surface area contributed by atoms with Crippen LogP contribution < -0.4 is 5.73 Å². The Hall–Kier alpha value is -1.88. The van der Waals surface area contributed by atoms with Gasteiger partial charge in [0.1, 0.15) is 6.10 Å². The van der Waals surface area contributed by atoms with Crippen molar-refractivity contribution in [2.45, 2.75) is 64.4 Å². The number of ether oxygens (including phenoxy) is 1. The molecule has 0 aromatic heterocycles. The molecule has 2 atom stereocenters. The van der Waals surface area contributed by atoms with E-state index in [9.17, 15) is 14.7 Å². The third kappa shape index (κ3) is 5.96. The predicted octanol–water partition coefficient (Wildman–Crippen LogP) is 3.18. The molecule has 2 unspecified atom stereocenters. The van der Waals surface area contributed by atoms with Crippen LogP contribution in [0.5, 0.6) is 0 Å². The highest BCUT2D eigenvalue weighted by atomic mass is 16.5. The minimum atomic E-state index is -0.880. The van der Waals surface area contributed by atoms with E-state index in [-0.39, 0.29) is 12.1 Å². The number of nitrogens with two attached hydrogens (primary N) is 1. The molecule has 0 heterocycles. The molecule has 0 spiro atoms. The minimum Gasteiger partial charge on any atom is -0.481 e. The SMILES string of the molecule is CC(=O)OC(CN)CCCCCC(C)(C(=O)O)c1cccc(C)c1. The Kier molecular flexibility index (Phi) is 7.92. The van der Waals surface area contributed by atoms with Crippen molar-refractivity contribution in [2.75, 3.05) is 6.54 Å². The van der Waals surface area contributed by atoms with E-state index in [4.69, 9.17) is 10.5 Å². The maximum Gasteiger partial charge on any atom is 0.313 e. The number of carbonyl (C=O) groups excluding carboxylic acids is 1. The molecule has 1 rings (SSSR count). The molecule has 1 aromatic carbocycles. The monoisotopic (exact) mass is 335 g/mol. The second kappa shape index (κ2) is 9.42. The van der Waals surface area contributed by atoms with Crippen LogP contribution in [0.2, 0.25) is 0 Å².